The number of aromatic nitrogens is 4. The first kappa shape index (κ1) is 26.0. The van der Waals surface area contributed by atoms with Gasteiger partial charge in [-0.1, -0.05) is 0 Å². The van der Waals surface area contributed by atoms with Crippen LogP contribution in [0.25, 0.3) is 11.2 Å². The fourth-order valence-corrected chi connectivity index (χ4v) is 4.00. The predicted octanol–water partition coefficient (Wildman–Crippen LogP) is 1.28. The van der Waals surface area contributed by atoms with Gasteiger partial charge in [0.2, 0.25) is 0 Å². The number of esters is 1. The molecule has 13 heteroatoms. The average Bonchev–Trinajstić information content (AvgIpc) is 3.30. The molecule has 0 aliphatic carbocycles. The van der Waals surface area contributed by atoms with E-state index in [-0.39, 0.29) is 5.82 Å². The summed E-state index contributed by atoms with van der Waals surface area (Å²) in [6.45, 7) is 6.32. The number of nitrogens with zero attached hydrogens (tertiary/aromatic N) is 5. The van der Waals surface area contributed by atoms with Crippen LogP contribution in [0.3, 0.4) is 0 Å². The Morgan fingerprint density at radius 3 is 2.62 bits per heavy atom. The number of hydrogen-bond acceptors (Lipinski definition) is 11. The monoisotopic (exact) mass is 495 g/mol. The van der Waals surface area contributed by atoms with Gasteiger partial charge in [-0.3, -0.25) is 9.36 Å². The number of imidazole rings is 1. The first-order valence-electron chi connectivity index (χ1n) is 10.9. The molecule has 4 unspecified atom stereocenters. The van der Waals surface area contributed by atoms with Gasteiger partial charge >= 0.3 is 12.1 Å². The molecular formula is C21H33N7O5S. The van der Waals surface area contributed by atoms with E-state index in [1.54, 1.807) is 25.3 Å². The Labute approximate surface area is 202 Å². The first-order chi connectivity index (χ1) is 16.0. The van der Waals surface area contributed by atoms with Crippen molar-refractivity contribution in [1.29, 1.82) is 0 Å². The highest BCUT2D eigenvalue weighted by molar-refractivity contribution is 7.98. The van der Waals surface area contributed by atoms with Gasteiger partial charge in [-0.05, 0) is 41.1 Å². The highest BCUT2D eigenvalue weighted by Gasteiger charge is 2.51. The molecular weight excluding hydrogens is 462 g/mol. The van der Waals surface area contributed by atoms with Crippen molar-refractivity contribution in [2.45, 2.75) is 45.3 Å². The van der Waals surface area contributed by atoms with Gasteiger partial charge < -0.3 is 30.2 Å². The zero-order valence-corrected chi connectivity index (χ0v) is 21.2. The molecule has 34 heavy (non-hydrogen) atoms. The maximum Gasteiger partial charge on any atom is 0.407 e. The minimum Gasteiger partial charge on any atom is -0.453 e. The van der Waals surface area contributed by atoms with Gasteiger partial charge in [0.25, 0.3) is 0 Å². The highest BCUT2D eigenvalue weighted by Crippen LogP contribution is 2.38. The minimum absolute atomic E-state index is 0.221. The summed E-state index contributed by atoms with van der Waals surface area (Å²) in [6, 6.07) is 0. The van der Waals surface area contributed by atoms with Crippen LogP contribution in [0.2, 0.25) is 0 Å². The van der Waals surface area contributed by atoms with Crippen molar-refractivity contribution in [3.8, 4) is 0 Å². The molecule has 1 fully saturated rings. The number of anilines is 1. The summed E-state index contributed by atoms with van der Waals surface area (Å²) in [5.41, 5.74) is 5.99. The number of amides is 1. The molecule has 1 aliphatic rings. The number of alkyl carbamates (subject to hydrolysis) is 1. The van der Waals surface area contributed by atoms with E-state index < -0.39 is 42.0 Å². The number of rotatable bonds is 8. The third-order valence-corrected chi connectivity index (χ3v) is 5.87. The average molecular weight is 496 g/mol. The second-order valence-corrected chi connectivity index (χ2v) is 10.2. The van der Waals surface area contributed by atoms with Crippen molar-refractivity contribution in [3.05, 3.63) is 12.7 Å². The molecule has 4 atom stereocenters. The smallest absolute Gasteiger partial charge is 0.407 e. The van der Waals surface area contributed by atoms with Crippen LogP contribution >= 0.6 is 11.8 Å². The number of carbonyl (C=O) groups is 2. The Balaban J connectivity index is 1.94. The van der Waals surface area contributed by atoms with Crippen LogP contribution in [-0.2, 0) is 19.0 Å². The summed E-state index contributed by atoms with van der Waals surface area (Å²) in [4.78, 5) is 40.0. The largest absolute Gasteiger partial charge is 0.453 e. The van der Waals surface area contributed by atoms with Crippen LogP contribution in [0.1, 0.15) is 27.0 Å². The second kappa shape index (κ2) is 10.7. The van der Waals surface area contributed by atoms with Crippen LogP contribution in [0.4, 0.5) is 10.6 Å². The zero-order chi connectivity index (χ0) is 25.0. The van der Waals surface area contributed by atoms with Gasteiger partial charge in [0, 0.05) is 18.8 Å². The van der Waals surface area contributed by atoms with Crippen molar-refractivity contribution in [3.63, 3.8) is 0 Å². The number of hydrogen-bond donors (Lipinski definition) is 2. The number of nitrogens with two attached hydrogens (primary N) is 1. The molecule has 12 nitrogen and oxygen atoms in total. The lowest BCUT2D eigenvalue weighted by molar-refractivity contribution is -0.168. The van der Waals surface area contributed by atoms with E-state index in [4.69, 9.17) is 19.9 Å². The number of nitrogen functional groups attached to an aromatic ring is 1. The van der Waals surface area contributed by atoms with Crippen LogP contribution in [-0.4, -0.2) is 94.0 Å². The molecule has 0 aromatic carbocycles. The number of fused-ring (bicyclic) bond motifs is 1. The maximum atomic E-state index is 12.9. The summed E-state index contributed by atoms with van der Waals surface area (Å²) in [7, 11) is 3.81. The van der Waals surface area contributed by atoms with E-state index in [2.05, 4.69) is 20.3 Å². The molecule has 0 radical (unpaired) electrons. The van der Waals surface area contributed by atoms with Gasteiger partial charge in [0.15, 0.2) is 29.9 Å². The highest BCUT2D eigenvalue weighted by atomic mass is 32.2. The molecule has 3 N–H and O–H groups in total. The molecule has 0 spiro atoms. The Morgan fingerprint density at radius 2 is 1.97 bits per heavy atom. The maximum absolute atomic E-state index is 12.9. The van der Waals surface area contributed by atoms with Crippen molar-refractivity contribution < 1.29 is 23.8 Å². The standard InChI is InChI=1S/C21H33N7O5S/c1-21(2,3)19(29)32-15-14(33-20(30)23-7-8-27(4)5)12(9-34-6)31-18(15)28-11-26-13-16(22)24-10-25-17(13)28/h10-12,14-15,18H,7-9H2,1-6H3,(H,23,30)(H2,22,24,25). The number of likely N-dealkylation sites (N-methyl/N-ethyl adjacent to an activating group) is 1. The number of ether oxygens (including phenoxy) is 3. The summed E-state index contributed by atoms with van der Waals surface area (Å²) in [5, 5.41) is 2.73. The fourth-order valence-electron chi connectivity index (χ4n) is 3.40. The van der Waals surface area contributed by atoms with Crippen LogP contribution in [0.5, 0.6) is 0 Å². The Bertz CT molecular complexity index is 1010. The van der Waals surface area contributed by atoms with Gasteiger partial charge in [-0.2, -0.15) is 11.8 Å². The quantitative estimate of drug-likeness (QED) is 0.510. The second-order valence-electron chi connectivity index (χ2n) is 9.32. The summed E-state index contributed by atoms with van der Waals surface area (Å²) >= 11 is 1.53. The van der Waals surface area contributed by atoms with E-state index in [0.29, 0.717) is 30.0 Å². The first-order valence-corrected chi connectivity index (χ1v) is 12.3. The molecule has 0 bridgehead atoms. The molecule has 2 aromatic rings. The SMILES string of the molecule is CSCC1OC(n2cnc3c(N)ncnc32)C(OC(=O)C(C)(C)C)C1OC(=O)NCCN(C)C. The van der Waals surface area contributed by atoms with Crippen molar-refractivity contribution in [2.75, 3.05) is 44.9 Å². The third kappa shape index (κ3) is 5.88. The van der Waals surface area contributed by atoms with Gasteiger partial charge in [0.1, 0.15) is 17.9 Å². The van der Waals surface area contributed by atoms with E-state index in [9.17, 15) is 9.59 Å². The summed E-state index contributed by atoms with van der Waals surface area (Å²) in [5.74, 6) is 0.286. The van der Waals surface area contributed by atoms with E-state index in [1.165, 1.54) is 24.4 Å². The lowest BCUT2D eigenvalue weighted by atomic mass is 9.97. The van der Waals surface area contributed by atoms with Crippen LogP contribution < -0.4 is 11.1 Å². The van der Waals surface area contributed by atoms with Crippen LogP contribution in [0.15, 0.2) is 12.7 Å². The van der Waals surface area contributed by atoms with Gasteiger partial charge in [-0.15, -0.1) is 0 Å². The Hall–Kier alpha value is -2.64. The lowest BCUT2D eigenvalue weighted by Crippen LogP contribution is -2.44. The molecule has 0 saturated carbocycles. The fraction of sp³-hybridized carbons (Fsp3) is 0.667. The zero-order valence-electron chi connectivity index (χ0n) is 20.3. The minimum atomic E-state index is -0.933. The Morgan fingerprint density at radius 1 is 1.24 bits per heavy atom. The van der Waals surface area contributed by atoms with Crippen LogP contribution in [0, 0.1) is 5.41 Å². The number of carbonyl (C=O) groups excluding carboxylic acids is 2. The molecule has 2 aromatic heterocycles. The molecule has 3 heterocycles. The number of thioether (sulfide) groups is 1. The van der Waals surface area contributed by atoms with Crippen molar-refractivity contribution in [2.24, 2.45) is 5.41 Å². The third-order valence-electron chi connectivity index (χ3n) is 5.20. The normalized spacial score (nSPS) is 22.8. The molecule has 1 saturated heterocycles. The number of nitrogens with one attached hydrogen (secondary N) is 1. The van der Waals surface area contributed by atoms with E-state index >= 15 is 0 Å². The topological polar surface area (TPSA) is 147 Å². The van der Waals surface area contributed by atoms with Crippen molar-refractivity contribution in [1.82, 2.24) is 29.7 Å². The molecule has 1 aliphatic heterocycles. The molecule has 188 valence electrons. The van der Waals surface area contributed by atoms with E-state index in [1.807, 2.05) is 25.3 Å². The summed E-state index contributed by atoms with van der Waals surface area (Å²) in [6.07, 6.45) is 0.997. The lowest BCUT2D eigenvalue weighted by Gasteiger charge is -2.27. The van der Waals surface area contributed by atoms with E-state index in [0.717, 1.165) is 0 Å². The van der Waals surface area contributed by atoms with Gasteiger partial charge in [0.05, 0.1) is 11.7 Å². The predicted molar refractivity (Wildman–Crippen MR) is 128 cm³/mol. The van der Waals surface area contributed by atoms with Gasteiger partial charge in [-0.25, -0.2) is 19.7 Å². The Kier molecular flexibility index (Phi) is 8.21. The van der Waals surface area contributed by atoms with Crippen molar-refractivity contribution >= 4 is 40.8 Å². The summed E-state index contributed by atoms with van der Waals surface area (Å²) < 4.78 is 19.6. The molecule has 1 amide bonds. The molecule has 3 rings (SSSR count).